The Labute approximate surface area is 187 Å². The van der Waals surface area contributed by atoms with Crippen molar-refractivity contribution in [2.75, 3.05) is 7.11 Å². The largest absolute Gasteiger partial charge is 0.497 e. The first-order valence-corrected chi connectivity index (χ1v) is 9.58. The molecule has 31 heavy (non-hydrogen) atoms. The summed E-state index contributed by atoms with van der Waals surface area (Å²) in [5, 5.41) is 18.2. The summed E-state index contributed by atoms with van der Waals surface area (Å²) in [7, 11) is 1.51. The Morgan fingerprint density at radius 3 is 2.55 bits per heavy atom. The number of hydrogen-bond acceptors (Lipinski definition) is 6. The summed E-state index contributed by atoms with van der Waals surface area (Å²) in [6.45, 7) is 1.48. The molecule has 3 rings (SSSR count). The normalized spacial score (nSPS) is 10.7. The van der Waals surface area contributed by atoms with Crippen molar-refractivity contribution in [3.05, 3.63) is 85.2 Å². The fourth-order valence-electron chi connectivity index (χ4n) is 2.66. The van der Waals surface area contributed by atoms with Crippen LogP contribution in [0.5, 0.6) is 5.75 Å². The summed E-state index contributed by atoms with van der Waals surface area (Å²) >= 11 is 11.8. The average molecular weight is 456 g/mol. The van der Waals surface area contributed by atoms with Crippen LogP contribution in [0.2, 0.25) is 10.0 Å². The van der Waals surface area contributed by atoms with Gasteiger partial charge in [0.25, 0.3) is 11.5 Å². The van der Waals surface area contributed by atoms with Crippen LogP contribution in [0, 0.1) is 18.3 Å². The van der Waals surface area contributed by atoms with Gasteiger partial charge in [0.05, 0.1) is 29.1 Å². The zero-order valence-electron chi connectivity index (χ0n) is 16.4. The van der Waals surface area contributed by atoms with Crippen LogP contribution in [0.15, 0.2) is 52.4 Å². The molecule has 3 aromatic rings. The van der Waals surface area contributed by atoms with Crippen molar-refractivity contribution < 1.29 is 9.53 Å². The summed E-state index contributed by atoms with van der Waals surface area (Å²) < 4.78 is 6.09. The van der Waals surface area contributed by atoms with E-state index in [1.807, 2.05) is 6.07 Å². The molecule has 0 aliphatic heterocycles. The molecule has 1 aromatic heterocycles. The minimum absolute atomic E-state index is 0.113. The molecule has 0 aliphatic rings. The number of benzene rings is 2. The van der Waals surface area contributed by atoms with E-state index >= 15 is 0 Å². The maximum absolute atomic E-state index is 12.7. The maximum atomic E-state index is 12.7. The molecule has 0 saturated carbocycles. The lowest BCUT2D eigenvalue weighted by Gasteiger charge is -2.11. The van der Waals surface area contributed by atoms with Gasteiger partial charge in [0.15, 0.2) is 5.69 Å². The number of hydrazone groups is 1. The van der Waals surface area contributed by atoms with Crippen molar-refractivity contribution in [3.8, 4) is 17.5 Å². The number of amides is 1. The summed E-state index contributed by atoms with van der Waals surface area (Å²) in [5.74, 6) is -0.105. The maximum Gasteiger partial charge on any atom is 0.292 e. The molecule has 1 amide bonds. The van der Waals surface area contributed by atoms with Gasteiger partial charge in [0.1, 0.15) is 17.4 Å². The first-order chi connectivity index (χ1) is 14.8. The first kappa shape index (κ1) is 22.0. The minimum Gasteiger partial charge on any atom is -0.497 e. The smallest absolute Gasteiger partial charge is 0.292 e. The third-order valence-electron chi connectivity index (χ3n) is 4.30. The molecule has 0 unspecified atom stereocenters. The Morgan fingerprint density at radius 1 is 1.23 bits per heavy atom. The third-order valence-corrected chi connectivity index (χ3v) is 5.04. The Kier molecular flexibility index (Phi) is 6.70. The van der Waals surface area contributed by atoms with E-state index in [2.05, 4.69) is 15.6 Å². The van der Waals surface area contributed by atoms with Gasteiger partial charge in [-0.1, -0.05) is 29.3 Å². The number of nitrogens with zero attached hydrogens (tertiary/aromatic N) is 4. The van der Waals surface area contributed by atoms with Crippen molar-refractivity contribution in [1.29, 1.82) is 5.26 Å². The molecule has 156 valence electrons. The van der Waals surface area contributed by atoms with Crippen LogP contribution in [-0.4, -0.2) is 29.0 Å². The van der Waals surface area contributed by atoms with Gasteiger partial charge in [-0.25, -0.2) is 5.43 Å². The van der Waals surface area contributed by atoms with E-state index in [1.165, 1.54) is 20.2 Å². The fourth-order valence-corrected chi connectivity index (χ4v) is 2.97. The summed E-state index contributed by atoms with van der Waals surface area (Å²) in [4.78, 5) is 25.3. The first-order valence-electron chi connectivity index (χ1n) is 8.82. The van der Waals surface area contributed by atoms with Crippen LogP contribution in [0.4, 0.5) is 0 Å². The number of carbonyl (C=O) groups is 1. The zero-order valence-corrected chi connectivity index (χ0v) is 17.9. The average Bonchev–Trinajstić information content (AvgIpc) is 2.77. The quantitative estimate of drug-likeness (QED) is 0.467. The molecule has 0 bridgehead atoms. The highest BCUT2D eigenvalue weighted by Crippen LogP contribution is 2.21. The molecule has 0 saturated heterocycles. The SMILES string of the molecule is COc1ccc(-n2nc(C(=O)N/N=C/c3ccc(Cl)c(Cl)c3)c(C)c(C#N)c2=O)cc1. The zero-order chi connectivity index (χ0) is 22.5. The number of nitrogens with one attached hydrogen (secondary N) is 1. The van der Waals surface area contributed by atoms with Crippen molar-refractivity contribution in [2.45, 2.75) is 6.92 Å². The third kappa shape index (κ3) is 4.74. The van der Waals surface area contributed by atoms with Gasteiger partial charge >= 0.3 is 0 Å². The lowest BCUT2D eigenvalue weighted by molar-refractivity contribution is 0.0947. The van der Waals surface area contributed by atoms with Gasteiger partial charge in [-0.05, 0) is 48.9 Å². The van der Waals surface area contributed by atoms with Gasteiger partial charge in [-0.15, -0.1) is 0 Å². The van der Waals surface area contributed by atoms with E-state index in [1.54, 1.807) is 42.5 Å². The Morgan fingerprint density at radius 2 is 1.94 bits per heavy atom. The second-order valence-corrected chi connectivity index (χ2v) is 7.06. The summed E-state index contributed by atoms with van der Waals surface area (Å²) in [6, 6.07) is 13.2. The topological polar surface area (TPSA) is 109 Å². The van der Waals surface area contributed by atoms with E-state index < -0.39 is 11.5 Å². The molecule has 0 fully saturated rings. The molecule has 8 nitrogen and oxygen atoms in total. The van der Waals surface area contributed by atoms with E-state index in [0.29, 0.717) is 27.0 Å². The van der Waals surface area contributed by atoms with E-state index in [4.69, 9.17) is 27.9 Å². The monoisotopic (exact) mass is 455 g/mol. The Balaban J connectivity index is 1.94. The number of ether oxygens (including phenoxy) is 1. The number of methoxy groups -OCH3 is 1. The highest BCUT2D eigenvalue weighted by molar-refractivity contribution is 6.42. The molecule has 10 heteroatoms. The van der Waals surface area contributed by atoms with Gasteiger partial charge in [0.2, 0.25) is 0 Å². The van der Waals surface area contributed by atoms with Gasteiger partial charge in [0, 0.05) is 5.56 Å². The number of nitriles is 1. The van der Waals surface area contributed by atoms with Gasteiger partial charge in [-0.2, -0.15) is 20.1 Å². The van der Waals surface area contributed by atoms with E-state index in [0.717, 1.165) is 4.68 Å². The van der Waals surface area contributed by atoms with Crippen molar-refractivity contribution in [3.63, 3.8) is 0 Å². The summed E-state index contributed by atoms with van der Waals surface area (Å²) in [5.41, 5.74) is 2.53. The highest BCUT2D eigenvalue weighted by Gasteiger charge is 2.20. The minimum atomic E-state index is -0.687. The second kappa shape index (κ2) is 9.43. The number of halogens is 2. The number of carbonyl (C=O) groups excluding carboxylic acids is 1. The molecular formula is C21H15Cl2N5O3. The molecule has 0 radical (unpaired) electrons. The van der Waals surface area contributed by atoms with Crippen LogP contribution in [0.3, 0.4) is 0 Å². The molecule has 1 heterocycles. The van der Waals surface area contributed by atoms with Crippen LogP contribution in [0.1, 0.15) is 27.2 Å². The Hall–Kier alpha value is -3.67. The van der Waals surface area contributed by atoms with E-state index in [-0.39, 0.29) is 16.8 Å². The van der Waals surface area contributed by atoms with Crippen LogP contribution >= 0.6 is 23.2 Å². The highest BCUT2D eigenvalue weighted by atomic mass is 35.5. The van der Waals surface area contributed by atoms with Gasteiger partial charge < -0.3 is 4.74 Å². The van der Waals surface area contributed by atoms with Crippen LogP contribution in [-0.2, 0) is 0 Å². The van der Waals surface area contributed by atoms with Crippen LogP contribution < -0.4 is 15.7 Å². The van der Waals surface area contributed by atoms with E-state index in [9.17, 15) is 14.9 Å². The fraction of sp³-hybridized carbons (Fsp3) is 0.0952. The standard InChI is InChI=1S/C21H15Cl2N5O3/c1-12-16(10-24)21(30)28(14-4-6-15(31-2)7-5-14)27-19(12)20(29)26-25-11-13-3-8-17(22)18(23)9-13/h3-9,11H,1-2H3,(H,26,29)/b25-11+. The molecular weight excluding hydrogens is 441 g/mol. The predicted octanol–water partition coefficient (Wildman–Crippen LogP) is 3.49. The lowest BCUT2D eigenvalue weighted by Crippen LogP contribution is -2.31. The van der Waals surface area contributed by atoms with Crippen LogP contribution in [0.25, 0.3) is 5.69 Å². The molecule has 0 spiro atoms. The second-order valence-electron chi connectivity index (χ2n) is 6.25. The molecule has 2 aromatic carbocycles. The number of hydrogen-bond donors (Lipinski definition) is 1. The predicted molar refractivity (Wildman–Crippen MR) is 117 cm³/mol. The molecule has 1 N–H and O–H groups in total. The van der Waals surface area contributed by atoms with Crippen molar-refractivity contribution >= 4 is 35.3 Å². The molecule has 0 aliphatic carbocycles. The Bertz CT molecular complexity index is 1280. The van der Waals surface area contributed by atoms with Crippen molar-refractivity contribution in [2.24, 2.45) is 5.10 Å². The lowest BCUT2D eigenvalue weighted by atomic mass is 10.1. The number of rotatable bonds is 5. The van der Waals surface area contributed by atoms with Crippen molar-refractivity contribution in [1.82, 2.24) is 15.2 Å². The molecule has 0 atom stereocenters. The summed E-state index contributed by atoms with van der Waals surface area (Å²) in [6.07, 6.45) is 1.38. The van der Waals surface area contributed by atoms with Gasteiger partial charge in [-0.3, -0.25) is 9.59 Å². The number of aromatic nitrogens is 2.